The number of allylic oxidation sites excluding steroid dienone is 1. The molecule has 0 amide bonds. The number of aryl methyl sites for hydroxylation is 2. The highest BCUT2D eigenvalue weighted by Crippen LogP contribution is 2.38. The summed E-state index contributed by atoms with van der Waals surface area (Å²) < 4.78 is 14.0. The summed E-state index contributed by atoms with van der Waals surface area (Å²) in [7, 11) is 0. The molecule has 0 radical (unpaired) electrons. The fourth-order valence-corrected chi connectivity index (χ4v) is 3.45. The molecule has 1 N–H and O–H groups in total. The first-order valence-electron chi connectivity index (χ1n) is 7.92. The van der Waals surface area contributed by atoms with Crippen LogP contribution in [0.4, 0.5) is 10.1 Å². The zero-order valence-electron chi connectivity index (χ0n) is 13.8. The number of hydrogen-bond acceptors (Lipinski definition) is 3. The minimum absolute atomic E-state index is 0.380. The van der Waals surface area contributed by atoms with Crippen molar-refractivity contribution in [3.63, 3.8) is 0 Å². The van der Waals surface area contributed by atoms with Crippen molar-refractivity contribution in [2.24, 2.45) is 4.99 Å². The first-order chi connectivity index (χ1) is 12.0. The van der Waals surface area contributed by atoms with Crippen LogP contribution in [0.15, 0.2) is 53.7 Å². The number of aromatic nitrogens is 2. The van der Waals surface area contributed by atoms with Crippen molar-refractivity contribution in [2.75, 3.05) is 4.90 Å². The maximum Gasteiger partial charge on any atom is 0.157 e. The monoisotopic (exact) mass is 354 g/mol. The minimum Gasteiger partial charge on any atom is -0.346 e. The smallest absolute Gasteiger partial charge is 0.157 e. The van der Waals surface area contributed by atoms with E-state index in [4.69, 9.17) is 11.6 Å². The van der Waals surface area contributed by atoms with Crippen LogP contribution in [0.1, 0.15) is 22.9 Å². The van der Waals surface area contributed by atoms with Gasteiger partial charge in [-0.3, -0.25) is 4.99 Å². The van der Waals surface area contributed by atoms with Gasteiger partial charge in [0, 0.05) is 35.2 Å². The van der Waals surface area contributed by atoms with Crippen LogP contribution in [0.25, 0.3) is 11.0 Å². The number of H-pyrrole nitrogens is 1. The van der Waals surface area contributed by atoms with E-state index >= 15 is 0 Å². The lowest BCUT2D eigenvalue weighted by Gasteiger charge is -2.32. The number of aliphatic imine (C=N–C) groups is 1. The van der Waals surface area contributed by atoms with E-state index < -0.39 is 6.17 Å². The molecule has 4 rings (SSSR count). The molecular weight excluding hydrogens is 339 g/mol. The Morgan fingerprint density at radius 1 is 1.24 bits per heavy atom. The van der Waals surface area contributed by atoms with Crippen molar-refractivity contribution in [1.82, 2.24) is 9.97 Å². The Hall–Kier alpha value is -2.66. The number of anilines is 1. The van der Waals surface area contributed by atoms with Crippen LogP contribution in [0.5, 0.6) is 0 Å². The third-order valence-electron chi connectivity index (χ3n) is 4.37. The van der Waals surface area contributed by atoms with Crippen molar-refractivity contribution in [1.29, 1.82) is 0 Å². The molecule has 1 atom stereocenters. The molecule has 0 saturated carbocycles. The predicted octanol–water partition coefficient (Wildman–Crippen LogP) is 5.23. The van der Waals surface area contributed by atoms with Crippen molar-refractivity contribution < 1.29 is 4.39 Å². The lowest BCUT2D eigenvalue weighted by Crippen LogP contribution is -2.26. The number of rotatable bonds is 2. The molecule has 3 aromatic rings. The summed E-state index contributed by atoms with van der Waals surface area (Å²) in [5.41, 5.74) is 4.69. The van der Waals surface area contributed by atoms with Crippen LogP contribution in [-0.4, -0.2) is 16.2 Å². The normalized spacial score (nSPS) is 17.2. The van der Waals surface area contributed by atoms with E-state index in [0.29, 0.717) is 5.02 Å². The van der Waals surface area contributed by atoms with Crippen molar-refractivity contribution in [2.45, 2.75) is 20.0 Å². The molecule has 0 bridgehead atoms. The second-order valence-electron chi connectivity index (χ2n) is 6.11. The summed E-state index contributed by atoms with van der Waals surface area (Å²) in [5.74, 6) is -0.380. The molecule has 0 spiro atoms. The van der Waals surface area contributed by atoms with Gasteiger partial charge in [-0.15, -0.1) is 0 Å². The quantitative estimate of drug-likeness (QED) is 0.684. The van der Waals surface area contributed by atoms with Crippen LogP contribution in [0, 0.1) is 13.8 Å². The lowest BCUT2D eigenvalue weighted by atomic mass is 10.0. The second-order valence-corrected chi connectivity index (χ2v) is 6.54. The van der Waals surface area contributed by atoms with Gasteiger partial charge >= 0.3 is 0 Å². The van der Waals surface area contributed by atoms with Gasteiger partial charge in [-0.25, -0.2) is 9.37 Å². The Kier molecular flexibility index (Phi) is 3.81. The summed E-state index contributed by atoms with van der Waals surface area (Å²) >= 11 is 6.11. The first-order valence-corrected chi connectivity index (χ1v) is 8.30. The van der Waals surface area contributed by atoms with Gasteiger partial charge < -0.3 is 9.88 Å². The van der Waals surface area contributed by atoms with Gasteiger partial charge in [0.15, 0.2) is 12.0 Å². The number of hydrogen-bond donors (Lipinski definition) is 1. The standard InChI is InChI=1S/C19H16ClFN4/c1-11-4-3-5-12(2)17(11)25-10-14(21)8-24-19(25)16-9-23-18-15(16)6-13(20)7-22-18/h3-10,19H,1-2H3,(H,22,23). The number of benzene rings is 1. The summed E-state index contributed by atoms with van der Waals surface area (Å²) in [4.78, 5) is 13.7. The van der Waals surface area contributed by atoms with Gasteiger partial charge in [0.1, 0.15) is 5.65 Å². The molecule has 4 nitrogen and oxygen atoms in total. The minimum atomic E-state index is -0.395. The van der Waals surface area contributed by atoms with Crippen LogP contribution < -0.4 is 4.90 Å². The molecule has 0 aliphatic carbocycles. The Morgan fingerprint density at radius 3 is 2.76 bits per heavy atom. The summed E-state index contributed by atoms with van der Waals surface area (Å²) in [6, 6.07) is 7.86. The molecule has 6 heteroatoms. The number of nitrogens with zero attached hydrogens (tertiary/aromatic N) is 3. The summed E-state index contributed by atoms with van der Waals surface area (Å²) in [5, 5.41) is 1.43. The molecule has 3 heterocycles. The van der Waals surface area contributed by atoms with Crippen molar-refractivity contribution in [3.8, 4) is 0 Å². The van der Waals surface area contributed by atoms with Gasteiger partial charge in [0.05, 0.1) is 11.2 Å². The van der Waals surface area contributed by atoms with Crippen LogP contribution >= 0.6 is 11.6 Å². The molecule has 1 aromatic carbocycles. The number of fused-ring (bicyclic) bond motifs is 1. The molecule has 1 aliphatic rings. The van der Waals surface area contributed by atoms with Crippen LogP contribution in [0.3, 0.4) is 0 Å². The predicted molar refractivity (Wildman–Crippen MR) is 99.9 cm³/mol. The van der Waals surface area contributed by atoms with Gasteiger partial charge in [0.2, 0.25) is 0 Å². The van der Waals surface area contributed by atoms with E-state index in [2.05, 4.69) is 15.0 Å². The highest BCUT2D eigenvalue weighted by atomic mass is 35.5. The number of nitrogens with one attached hydrogen (secondary N) is 1. The Balaban J connectivity index is 1.90. The molecule has 0 saturated heterocycles. The fraction of sp³-hybridized carbons (Fsp3) is 0.158. The van der Waals surface area contributed by atoms with Gasteiger partial charge in [-0.1, -0.05) is 29.8 Å². The van der Waals surface area contributed by atoms with E-state index in [1.165, 1.54) is 12.4 Å². The number of halogens is 2. The molecular formula is C19H16ClFN4. The number of para-hydroxylation sites is 1. The average molecular weight is 355 g/mol. The number of aromatic amines is 1. The number of pyridine rings is 1. The fourth-order valence-electron chi connectivity index (χ4n) is 3.29. The molecule has 2 aromatic heterocycles. The average Bonchev–Trinajstić information content (AvgIpc) is 2.98. The zero-order chi connectivity index (χ0) is 17.6. The SMILES string of the molecule is Cc1cccc(C)c1N1C=C(F)C=NC1c1c[nH]c2ncc(Cl)cc12. The van der Waals surface area contributed by atoms with Gasteiger partial charge in [-0.2, -0.15) is 0 Å². The summed E-state index contributed by atoms with van der Waals surface area (Å²) in [6.45, 7) is 4.02. The maximum atomic E-state index is 14.0. The van der Waals surface area contributed by atoms with E-state index in [-0.39, 0.29) is 5.83 Å². The molecule has 126 valence electrons. The van der Waals surface area contributed by atoms with Crippen LogP contribution in [-0.2, 0) is 0 Å². The molecule has 1 aliphatic heterocycles. The third kappa shape index (κ3) is 2.70. The van der Waals surface area contributed by atoms with Crippen LogP contribution in [0.2, 0.25) is 5.02 Å². The molecule has 25 heavy (non-hydrogen) atoms. The third-order valence-corrected chi connectivity index (χ3v) is 4.58. The Bertz CT molecular complexity index is 1000. The lowest BCUT2D eigenvalue weighted by molar-refractivity contribution is 0.640. The Morgan fingerprint density at radius 2 is 2.00 bits per heavy atom. The van der Waals surface area contributed by atoms with Crippen molar-refractivity contribution >= 4 is 34.5 Å². The van der Waals surface area contributed by atoms with Gasteiger partial charge in [0.25, 0.3) is 0 Å². The highest BCUT2D eigenvalue weighted by molar-refractivity contribution is 6.31. The van der Waals surface area contributed by atoms with E-state index in [1.807, 2.05) is 49.2 Å². The maximum absolute atomic E-state index is 14.0. The second kappa shape index (κ2) is 6.01. The van der Waals surface area contributed by atoms with Crippen molar-refractivity contribution in [3.05, 3.63) is 70.4 Å². The molecule has 1 unspecified atom stereocenters. The van der Waals surface area contributed by atoms with E-state index in [1.54, 1.807) is 6.20 Å². The van der Waals surface area contributed by atoms with Gasteiger partial charge in [-0.05, 0) is 31.0 Å². The topological polar surface area (TPSA) is 44.3 Å². The zero-order valence-corrected chi connectivity index (χ0v) is 14.5. The van der Waals surface area contributed by atoms with E-state index in [0.717, 1.165) is 33.4 Å². The summed E-state index contributed by atoms with van der Waals surface area (Å²) in [6.07, 6.45) is 5.80. The largest absolute Gasteiger partial charge is 0.346 e. The Labute approximate surface area is 149 Å². The molecule has 0 fully saturated rings. The first kappa shape index (κ1) is 15.8. The highest BCUT2D eigenvalue weighted by Gasteiger charge is 2.27. The van der Waals surface area contributed by atoms with E-state index in [9.17, 15) is 4.39 Å².